The third-order valence-electron chi connectivity index (χ3n) is 1.23. The molecule has 0 aromatic carbocycles. The highest BCUT2D eigenvalue weighted by Crippen LogP contribution is 2.07. The molecule has 60 valence electrons. The van der Waals surface area contributed by atoms with Crippen LogP contribution in [0.1, 0.15) is 6.42 Å². The van der Waals surface area contributed by atoms with Gasteiger partial charge in [0.25, 0.3) is 0 Å². The van der Waals surface area contributed by atoms with Gasteiger partial charge in [0.2, 0.25) is 0 Å². The van der Waals surface area contributed by atoms with E-state index in [0.717, 1.165) is 0 Å². The van der Waals surface area contributed by atoms with Gasteiger partial charge in [0.1, 0.15) is 6.17 Å². The maximum absolute atomic E-state index is 12.1. The van der Waals surface area contributed by atoms with Crippen molar-refractivity contribution >= 4 is 24.8 Å². The zero-order chi connectivity index (χ0) is 5.98. The van der Waals surface area contributed by atoms with Gasteiger partial charge in [-0.3, -0.25) is 5.32 Å². The van der Waals surface area contributed by atoms with Crippen molar-refractivity contribution in [2.24, 2.45) is 0 Å². The van der Waals surface area contributed by atoms with E-state index < -0.39 is 6.17 Å². The molecule has 2 atom stereocenters. The number of hydrogen-bond donors (Lipinski definition) is 1. The highest BCUT2D eigenvalue weighted by molar-refractivity contribution is 5.85. The SMILES string of the molecule is Cl.Cl.N#CC1CC(F)CN1. The monoisotopic (exact) mass is 186 g/mol. The van der Waals surface area contributed by atoms with E-state index in [1.54, 1.807) is 0 Å². The Morgan fingerprint density at radius 1 is 1.50 bits per heavy atom. The van der Waals surface area contributed by atoms with E-state index in [2.05, 4.69) is 5.32 Å². The van der Waals surface area contributed by atoms with Crippen LogP contribution in [-0.4, -0.2) is 18.8 Å². The summed E-state index contributed by atoms with van der Waals surface area (Å²) in [6.45, 7) is 0.345. The Morgan fingerprint density at radius 2 is 2.10 bits per heavy atom. The molecule has 1 aliphatic rings. The first-order valence-electron chi connectivity index (χ1n) is 2.60. The van der Waals surface area contributed by atoms with Gasteiger partial charge in [-0.1, -0.05) is 0 Å². The number of nitrogens with zero attached hydrogens (tertiary/aromatic N) is 1. The van der Waals surface area contributed by atoms with Crippen LogP contribution in [0.3, 0.4) is 0 Å². The van der Waals surface area contributed by atoms with Gasteiger partial charge in [-0.25, -0.2) is 4.39 Å². The van der Waals surface area contributed by atoms with Crippen LogP contribution < -0.4 is 5.32 Å². The fourth-order valence-corrected chi connectivity index (χ4v) is 0.791. The van der Waals surface area contributed by atoms with Gasteiger partial charge in [-0.05, 0) is 0 Å². The molecule has 0 aromatic rings. The number of nitrogens with one attached hydrogen (secondary N) is 1. The molecule has 0 radical (unpaired) electrons. The lowest BCUT2D eigenvalue weighted by Crippen LogP contribution is -2.18. The molecule has 1 fully saturated rings. The molecular formula is C5H9Cl2FN2. The van der Waals surface area contributed by atoms with Crippen molar-refractivity contribution < 1.29 is 4.39 Å². The van der Waals surface area contributed by atoms with Gasteiger partial charge >= 0.3 is 0 Å². The normalized spacial score (nSPS) is 29.6. The zero-order valence-corrected chi connectivity index (χ0v) is 6.84. The first kappa shape index (κ1) is 12.6. The quantitative estimate of drug-likeness (QED) is 0.615. The summed E-state index contributed by atoms with van der Waals surface area (Å²) in [5.74, 6) is 0. The van der Waals surface area contributed by atoms with Crippen LogP contribution in [0.2, 0.25) is 0 Å². The lowest BCUT2D eigenvalue weighted by molar-refractivity contribution is 0.359. The van der Waals surface area contributed by atoms with Crippen molar-refractivity contribution in [2.75, 3.05) is 6.54 Å². The van der Waals surface area contributed by atoms with Crippen LogP contribution in [0, 0.1) is 11.3 Å². The summed E-state index contributed by atoms with van der Waals surface area (Å²) in [6, 6.07) is 1.70. The molecule has 5 heteroatoms. The summed E-state index contributed by atoms with van der Waals surface area (Å²) in [5.41, 5.74) is 0. The smallest absolute Gasteiger partial charge is 0.115 e. The Labute approximate surface area is 71.6 Å². The van der Waals surface area contributed by atoms with Crippen molar-refractivity contribution in [1.82, 2.24) is 5.32 Å². The van der Waals surface area contributed by atoms with E-state index in [-0.39, 0.29) is 30.9 Å². The third-order valence-corrected chi connectivity index (χ3v) is 1.23. The molecule has 1 heterocycles. The second-order valence-electron chi connectivity index (χ2n) is 1.92. The van der Waals surface area contributed by atoms with Gasteiger partial charge in [0, 0.05) is 13.0 Å². The Balaban J connectivity index is 0. The first-order valence-corrected chi connectivity index (χ1v) is 2.60. The maximum Gasteiger partial charge on any atom is 0.115 e. The molecule has 0 bridgehead atoms. The van der Waals surface area contributed by atoms with Crippen molar-refractivity contribution in [1.29, 1.82) is 5.26 Å². The zero-order valence-electron chi connectivity index (χ0n) is 5.21. The number of hydrogen-bond acceptors (Lipinski definition) is 2. The van der Waals surface area contributed by atoms with Gasteiger partial charge < -0.3 is 0 Å². The highest BCUT2D eigenvalue weighted by Gasteiger charge is 2.22. The van der Waals surface area contributed by atoms with Crippen molar-refractivity contribution in [3.63, 3.8) is 0 Å². The van der Waals surface area contributed by atoms with Crippen molar-refractivity contribution in [3.8, 4) is 6.07 Å². The molecule has 0 amide bonds. The van der Waals surface area contributed by atoms with Crippen LogP contribution in [-0.2, 0) is 0 Å². The summed E-state index contributed by atoms with van der Waals surface area (Å²) in [6.07, 6.45) is -0.448. The molecule has 0 spiro atoms. The van der Waals surface area contributed by atoms with E-state index in [4.69, 9.17) is 5.26 Å². The van der Waals surface area contributed by atoms with Gasteiger partial charge in [-0.15, -0.1) is 24.8 Å². The number of alkyl halides is 1. The molecule has 2 unspecified atom stereocenters. The molecule has 1 N–H and O–H groups in total. The van der Waals surface area contributed by atoms with E-state index >= 15 is 0 Å². The van der Waals surface area contributed by atoms with Gasteiger partial charge in [0.15, 0.2) is 0 Å². The van der Waals surface area contributed by atoms with E-state index in [1.807, 2.05) is 6.07 Å². The topological polar surface area (TPSA) is 35.8 Å². The molecule has 2 nitrogen and oxygen atoms in total. The summed E-state index contributed by atoms with van der Waals surface area (Å²) >= 11 is 0. The van der Waals surface area contributed by atoms with Crippen molar-refractivity contribution in [2.45, 2.75) is 18.6 Å². The molecule has 1 rings (SSSR count). The van der Waals surface area contributed by atoms with Gasteiger partial charge in [-0.2, -0.15) is 5.26 Å². The number of halogens is 3. The van der Waals surface area contributed by atoms with Crippen LogP contribution >= 0.6 is 24.8 Å². The van der Waals surface area contributed by atoms with E-state index in [1.165, 1.54) is 0 Å². The number of nitriles is 1. The predicted molar refractivity (Wildman–Crippen MR) is 41.4 cm³/mol. The molecule has 0 saturated carbocycles. The predicted octanol–water partition coefficient (Wildman–Crippen LogP) is 1.05. The summed E-state index contributed by atoms with van der Waals surface area (Å²) in [7, 11) is 0. The van der Waals surface area contributed by atoms with E-state index in [9.17, 15) is 4.39 Å². The molecule has 0 aliphatic carbocycles. The second-order valence-corrected chi connectivity index (χ2v) is 1.92. The van der Waals surface area contributed by atoms with Crippen LogP contribution in [0.25, 0.3) is 0 Å². The minimum atomic E-state index is -0.806. The molecule has 1 saturated heterocycles. The van der Waals surface area contributed by atoms with Crippen molar-refractivity contribution in [3.05, 3.63) is 0 Å². The summed E-state index contributed by atoms with van der Waals surface area (Å²) < 4.78 is 12.1. The average molecular weight is 187 g/mol. The first-order chi connectivity index (χ1) is 3.83. The minimum Gasteiger partial charge on any atom is -0.299 e. The van der Waals surface area contributed by atoms with Gasteiger partial charge in [0.05, 0.1) is 12.1 Å². The Hall–Kier alpha value is -0.0400. The van der Waals surface area contributed by atoms with Crippen LogP contribution in [0.4, 0.5) is 4.39 Å². The summed E-state index contributed by atoms with van der Waals surface area (Å²) in [5, 5.41) is 10.9. The summed E-state index contributed by atoms with van der Waals surface area (Å²) in [4.78, 5) is 0. The minimum absolute atomic E-state index is 0. The molecule has 0 aromatic heterocycles. The molecular weight excluding hydrogens is 178 g/mol. The molecule has 10 heavy (non-hydrogen) atoms. The second kappa shape index (κ2) is 5.72. The number of rotatable bonds is 0. The van der Waals surface area contributed by atoms with Crippen LogP contribution in [0.15, 0.2) is 0 Å². The fraction of sp³-hybridized carbons (Fsp3) is 0.800. The standard InChI is InChI=1S/C5H7FN2.2ClH/c6-4-1-5(2-7)8-3-4;;/h4-5,8H,1,3H2;2*1H. The van der Waals surface area contributed by atoms with E-state index in [0.29, 0.717) is 13.0 Å². The lowest BCUT2D eigenvalue weighted by atomic mass is 10.2. The Kier molecular flexibility index (Phi) is 7.22. The average Bonchev–Trinajstić information content (AvgIpc) is 2.14. The van der Waals surface area contributed by atoms with Crippen LogP contribution in [0.5, 0.6) is 0 Å². The Morgan fingerprint density at radius 3 is 2.30 bits per heavy atom. The maximum atomic E-state index is 12.1. The largest absolute Gasteiger partial charge is 0.299 e. The third kappa shape index (κ3) is 3.21. The lowest BCUT2D eigenvalue weighted by Gasteiger charge is -1.91. The fourth-order valence-electron chi connectivity index (χ4n) is 0.791. The highest BCUT2D eigenvalue weighted by atomic mass is 35.5. The Bertz CT molecular complexity index is 125. The molecule has 1 aliphatic heterocycles.